The zero-order valence-corrected chi connectivity index (χ0v) is 14.3. The lowest BCUT2D eigenvalue weighted by molar-refractivity contribution is -0.137. The maximum Gasteiger partial charge on any atom is 0.417 e. The van der Waals surface area contributed by atoms with Crippen LogP contribution in [0.25, 0.3) is 11.0 Å². The van der Waals surface area contributed by atoms with Crippen LogP contribution in [0, 0.1) is 0 Å². The minimum Gasteiger partial charge on any atom is -0.345 e. The molecule has 0 radical (unpaired) electrons. The molecule has 4 rings (SSSR count). The van der Waals surface area contributed by atoms with Crippen LogP contribution in [0.1, 0.15) is 28.8 Å². The normalized spacial score (nSPS) is 18.8. The molecule has 9 heteroatoms. The Morgan fingerprint density at radius 1 is 1.30 bits per heavy atom. The molecule has 2 aromatic rings. The second-order valence-corrected chi connectivity index (χ2v) is 6.97. The standard InChI is InChI=1S/C18H17F3N4O2/c1-2-14(26)24-5-6-25(17(10-24)3-4-17)16(27)13-9-23-15-12(13)7-11(8-22-15)18(19,20)21/h2,7-9H,1,3-6,10H2,(H,22,23). The van der Waals surface area contributed by atoms with Crippen LogP contribution in [-0.2, 0) is 11.0 Å². The fourth-order valence-electron chi connectivity index (χ4n) is 3.66. The predicted octanol–water partition coefficient (Wildman–Crippen LogP) is 2.58. The highest BCUT2D eigenvalue weighted by molar-refractivity contribution is 6.06. The largest absolute Gasteiger partial charge is 0.417 e. The second kappa shape index (κ2) is 5.83. The Bertz CT molecular complexity index is 946. The van der Waals surface area contributed by atoms with E-state index in [4.69, 9.17) is 0 Å². The summed E-state index contributed by atoms with van der Waals surface area (Å²) in [4.78, 5) is 34.9. The molecule has 2 aromatic heterocycles. The average Bonchev–Trinajstić information content (AvgIpc) is 3.26. The number of hydrogen-bond acceptors (Lipinski definition) is 3. The Morgan fingerprint density at radius 2 is 2.04 bits per heavy atom. The van der Waals surface area contributed by atoms with Crippen molar-refractivity contribution in [3.05, 3.63) is 42.2 Å². The predicted molar refractivity (Wildman–Crippen MR) is 90.9 cm³/mol. The maximum atomic E-state index is 13.1. The number of piperazine rings is 1. The number of aromatic amines is 1. The maximum absolute atomic E-state index is 13.1. The molecule has 0 aromatic carbocycles. The molecule has 0 unspecified atom stereocenters. The van der Waals surface area contributed by atoms with Gasteiger partial charge < -0.3 is 14.8 Å². The highest BCUT2D eigenvalue weighted by Gasteiger charge is 2.54. The molecule has 1 spiro atoms. The quantitative estimate of drug-likeness (QED) is 0.817. The van der Waals surface area contributed by atoms with Gasteiger partial charge >= 0.3 is 6.18 Å². The van der Waals surface area contributed by atoms with Gasteiger partial charge in [-0.1, -0.05) is 6.58 Å². The first-order valence-corrected chi connectivity index (χ1v) is 8.53. The number of halogens is 3. The van der Waals surface area contributed by atoms with Gasteiger partial charge in [-0.15, -0.1) is 0 Å². The van der Waals surface area contributed by atoms with Crippen LogP contribution >= 0.6 is 0 Å². The average molecular weight is 378 g/mol. The number of alkyl halides is 3. The number of carbonyl (C=O) groups excluding carboxylic acids is 2. The Kier molecular flexibility index (Phi) is 3.79. The summed E-state index contributed by atoms with van der Waals surface area (Å²) < 4.78 is 39.0. The van der Waals surface area contributed by atoms with Crippen molar-refractivity contribution in [2.75, 3.05) is 19.6 Å². The van der Waals surface area contributed by atoms with Crippen molar-refractivity contribution in [1.82, 2.24) is 19.8 Å². The van der Waals surface area contributed by atoms with Gasteiger partial charge in [0, 0.05) is 37.4 Å². The van der Waals surface area contributed by atoms with Crippen molar-refractivity contribution in [3.8, 4) is 0 Å². The fraction of sp³-hybridized carbons (Fsp3) is 0.389. The first kappa shape index (κ1) is 17.6. The van der Waals surface area contributed by atoms with Crippen molar-refractivity contribution in [3.63, 3.8) is 0 Å². The van der Waals surface area contributed by atoms with E-state index >= 15 is 0 Å². The lowest BCUT2D eigenvalue weighted by Gasteiger charge is -2.41. The number of nitrogens with zero attached hydrogens (tertiary/aromatic N) is 3. The van der Waals surface area contributed by atoms with E-state index in [2.05, 4.69) is 16.5 Å². The van der Waals surface area contributed by atoms with Gasteiger partial charge in [-0.2, -0.15) is 13.2 Å². The molecule has 27 heavy (non-hydrogen) atoms. The summed E-state index contributed by atoms with van der Waals surface area (Å²) in [5.41, 5.74) is -0.937. The topological polar surface area (TPSA) is 69.3 Å². The Balaban J connectivity index is 1.66. The zero-order chi connectivity index (χ0) is 19.4. The number of carbonyl (C=O) groups is 2. The molecule has 1 saturated carbocycles. The SMILES string of the molecule is C=CC(=O)N1CCN(C(=O)c2c[nH]c3ncc(C(F)(F)F)cc23)C2(CC2)C1. The summed E-state index contributed by atoms with van der Waals surface area (Å²) in [5.74, 6) is -0.523. The third kappa shape index (κ3) is 2.87. The van der Waals surface area contributed by atoms with Gasteiger partial charge in [0.1, 0.15) is 5.65 Å². The first-order valence-electron chi connectivity index (χ1n) is 8.53. The van der Waals surface area contributed by atoms with Gasteiger partial charge in [0.15, 0.2) is 0 Å². The van der Waals surface area contributed by atoms with E-state index in [0.717, 1.165) is 25.1 Å². The number of pyridine rings is 1. The summed E-state index contributed by atoms with van der Waals surface area (Å²) in [5, 5.41) is 0.148. The van der Waals surface area contributed by atoms with Crippen LogP contribution in [0.2, 0.25) is 0 Å². The van der Waals surface area contributed by atoms with E-state index in [1.54, 1.807) is 9.80 Å². The lowest BCUT2D eigenvalue weighted by atomic mass is 10.1. The second-order valence-electron chi connectivity index (χ2n) is 6.97. The minimum atomic E-state index is -4.53. The smallest absolute Gasteiger partial charge is 0.345 e. The van der Waals surface area contributed by atoms with Crippen LogP contribution in [0.3, 0.4) is 0 Å². The minimum absolute atomic E-state index is 0.148. The molecule has 1 saturated heterocycles. The number of rotatable bonds is 2. The van der Waals surface area contributed by atoms with Gasteiger partial charge in [0.2, 0.25) is 5.91 Å². The van der Waals surface area contributed by atoms with E-state index < -0.39 is 17.3 Å². The van der Waals surface area contributed by atoms with Crippen molar-refractivity contribution in [2.24, 2.45) is 0 Å². The van der Waals surface area contributed by atoms with Crippen molar-refractivity contribution < 1.29 is 22.8 Å². The number of fused-ring (bicyclic) bond motifs is 1. The van der Waals surface area contributed by atoms with Gasteiger partial charge in [0.05, 0.1) is 16.7 Å². The van der Waals surface area contributed by atoms with Gasteiger partial charge in [0.25, 0.3) is 5.91 Å². The molecule has 0 bridgehead atoms. The monoisotopic (exact) mass is 378 g/mol. The molecule has 1 aliphatic heterocycles. The fourth-order valence-corrected chi connectivity index (χ4v) is 3.66. The van der Waals surface area contributed by atoms with E-state index in [9.17, 15) is 22.8 Å². The van der Waals surface area contributed by atoms with E-state index in [-0.39, 0.29) is 28.4 Å². The van der Waals surface area contributed by atoms with Crippen molar-refractivity contribution in [1.29, 1.82) is 0 Å². The highest BCUT2D eigenvalue weighted by Crippen LogP contribution is 2.45. The van der Waals surface area contributed by atoms with Gasteiger partial charge in [-0.25, -0.2) is 4.98 Å². The molecule has 0 atom stereocenters. The van der Waals surface area contributed by atoms with Crippen LogP contribution in [0.15, 0.2) is 31.1 Å². The highest BCUT2D eigenvalue weighted by atomic mass is 19.4. The summed E-state index contributed by atoms with van der Waals surface area (Å²) in [6.45, 7) is 4.60. The molecular formula is C18H17F3N4O2. The molecular weight excluding hydrogens is 361 g/mol. The lowest BCUT2D eigenvalue weighted by Crippen LogP contribution is -2.58. The van der Waals surface area contributed by atoms with Crippen LogP contribution in [0.5, 0.6) is 0 Å². The third-order valence-corrected chi connectivity index (χ3v) is 5.30. The molecule has 3 heterocycles. The summed E-state index contributed by atoms with van der Waals surface area (Å²) in [7, 11) is 0. The van der Waals surface area contributed by atoms with Gasteiger partial charge in [-0.3, -0.25) is 9.59 Å². The summed E-state index contributed by atoms with van der Waals surface area (Å²) >= 11 is 0. The summed E-state index contributed by atoms with van der Waals surface area (Å²) in [6.07, 6.45) is 0.375. The van der Waals surface area contributed by atoms with Crippen molar-refractivity contribution in [2.45, 2.75) is 24.6 Å². The first-order chi connectivity index (χ1) is 12.7. The molecule has 1 aliphatic carbocycles. The number of aromatic nitrogens is 2. The molecule has 6 nitrogen and oxygen atoms in total. The van der Waals surface area contributed by atoms with E-state index in [0.29, 0.717) is 19.6 Å². The van der Waals surface area contributed by atoms with Crippen molar-refractivity contribution >= 4 is 22.8 Å². The number of nitrogens with one attached hydrogen (secondary N) is 1. The van der Waals surface area contributed by atoms with Crippen LogP contribution in [-0.4, -0.2) is 56.8 Å². The number of hydrogen-bond donors (Lipinski definition) is 1. The zero-order valence-electron chi connectivity index (χ0n) is 14.3. The Morgan fingerprint density at radius 3 is 2.67 bits per heavy atom. The third-order valence-electron chi connectivity index (χ3n) is 5.30. The van der Waals surface area contributed by atoms with E-state index in [1.807, 2.05) is 0 Å². The molecule has 142 valence electrons. The summed E-state index contributed by atoms with van der Waals surface area (Å²) in [6, 6.07) is 0.948. The number of H-pyrrole nitrogens is 1. The molecule has 2 amide bonds. The molecule has 2 aliphatic rings. The molecule has 2 fully saturated rings. The Hall–Kier alpha value is -2.84. The Labute approximate surface area is 152 Å². The van der Waals surface area contributed by atoms with E-state index in [1.165, 1.54) is 12.3 Å². The molecule has 1 N–H and O–H groups in total. The number of amides is 2. The van der Waals surface area contributed by atoms with Crippen LogP contribution in [0.4, 0.5) is 13.2 Å². The van der Waals surface area contributed by atoms with Crippen LogP contribution < -0.4 is 0 Å². The van der Waals surface area contributed by atoms with Gasteiger partial charge in [-0.05, 0) is 25.0 Å².